The summed E-state index contributed by atoms with van der Waals surface area (Å²) in [6.45, 7) is 0.803. The molecule has 1 atom stereocenters. The summed E-state index contributed by atoms with van der Waals surface area (Å²) in [5.74, 6) is -4.13. The number of carbonyl (C=O) groups excluding carboxylic acids is 2. The molecule has 1 aromatic carbocycles. The molecule has 0 aromatic heterocycles. The van der Waals surface area contributed by atoms with Gasteiger partial charge in [0.05, 0.1) is 10.8 Å². The van der Waals surface area contributed by atoms with Crippen molar-refractivity contribution in [3.63, 3.8) is 0 Å². The summed E-state index contributed by atoms with van der Waals surface area (Å²) in [6, 6.07) is 4.73. The fourth-order valence-corrected chi connectivity index (χ4v) is 4.74. The van der Waals surface area contributed by atoms with Gasteiger partial charge in [0.25, 0.3) is 5.91 Å². The van der Waals surface area contributed by atoms with Crippen molar-refractivity contribution < 1.29 is 26.8 Å². The zero-order valence-electron chi connectivity index (χ0n) is 16.1. The number of hydrogen-bond donors (Lipinski definition) is 1. The Kier molecular flexibility index (Phi) is 6.87. The largest absolute Gasteiger partial charge is 0.353 e. The molecule has 1 aliphatic heterocycles. The summed E-state index contributed by atoms with van der Waals surface area (Å²) in [5.41, 5.74) is 0.214. The van der Waals surface area contributed by atoms with Gasteiger partial charge < -0.3 is 10.2 Å². The second kappa shape index (κ2) is 9.19. The highest BCUT2D eigenvalue weighted by atomic mass is 32.2. The van der Waals surface area contributed by atoms with E-state index in [2.05, 4.69) is 5.32 Å². The summed E-state index contributed by atoms with van der Waals surface area (Å²) in [5, 5.41) is 3.11. The van der Waals surface area contributed by atoms with Gasteiger partial charge in [-0.05, 0) is 49.9 Å². The number of nitrogens with zero attached hydrogens (tertiary/aromatic N) is 1. The summed E-state index contributed by atoms with van der Waals surface area (Å²) in [4.78, 5) is 26.4. The van der Waals surface area contributed by atoms with Crippen LogP contribution in [-0.2, 0) is 14.6 Å². The van der Waals surface area contributed by atoms with Crippen molar-refractivity contribution in [2.45, 2.75) is 61.6 Å². The van der Waals surface area contributed by atoms with Crippen LogP contribution in [0.15, 0.2) is 29.2 Å². The molecule has 1 saturated carbocycles. The van der Waals surface area contributed by atoms with E-state index in [1.807, 2.05) is 0 Å². The first-order valence-electron chi connectivity index (χ1n) is 10.0. The maximum Gasteiger partial charge on any atom is 0.341 e. The van der Waals surface area contributed by atoms with E-state index in [1.54, 1.807) is 4.90 Å². The van der Waals surface area contributed by atoms with Gasteiger partial charge in [0.15, 0.2) is 0 Å². The predicted molar refractivity (Wildman–Crippen MR) is 103 cm³/mol. The van der Waals surface area contributed by atoms with E-state index >= 15 is 0 Å². The number of sulfone groups is 1. The lowest BCUT2D eigenvalue weighted by molar-refractivity contribution is -0.127. The molecule has 1 unspecified atom stereocenters. The van der Waals surface area contributed by atoms with E-state index in [0.717, 1.165) is 37.8 Å². The number of benzene rings is 1. The minimum absolute atomic E-state index is 0.0206. The van der Waals surface area contributed by atoms with Gasteiger partial charge in [0.1, 0.15) is 0 Å². The molecule has 0 bridgehead atoms. The average molecular weight is 429 g/mol. The van der Waals surface area contributed by atoms with Gasteiger partial charge in [-0.3, -0.25) is 9.59 Å². The van der Waals surface area contributed by atoms with Crippen LogP contribution in [0.2, 0.25) is 0 Å². The lowest BCUT2D eigenvalue weighted by Crippen LogP contribution is -2.47. The Bertz CT molecular complexity index is 837. The second-order valence-electron chi connectivity index (χ2n) is 7.76. The Morgan fingerprint density at radius 3 is 2.28 bits per heavy atom. The van der Waals surface area contributed by atoms with Crippen molar-refractivity contribution in [3.05, 3.63) is 29.8 Å². The van der Waals surface area contributed by atoms with Gasteiger partial charge in [-0.2, -0.15) is 8.78 Å². The van der Waals surface area contributed by atoms with E-state index in [4.69, 9.17) is 0 Å². The average Bonchev–Trinajstić information content (AvgIpc) is 2.74. The van der Waals surface area contributed by atoms with Gasteiger partial charge >= 0.3 is 5.76 Å². The lowest BCUT2D eigenvalue weighted by atomic mass is 9.93. The van der Waals surface area contributed by atoms with E-state index in [9.17, 15) is 26.8 Å². The third-order valence-corrected chi connectivity index (χ3v) is 7.09. The van der Waals surface area contributed by atoms with E-state index in [1.165, 1.54) is 18.6 Å². The zero-order valence-corrected chi connectivity index (χ0v) is 17.0. The molecular weight excluding hydrogens is 402 g/mol. The predicted octanol–water partition coefficient (Wildman–Crippen LogP) is 2.98. The fraction of sp³-hybridized carbons (Fsp3) is 0.600. The van der Waals surface area contributed by atoms with Crippen LogP contribution < -0.4 is 5.32 Å². The van der Waals surface area contributed by atoms with Crippen LogP contribution in [0.5, 0.6) is 0 Å². The van der Waals surface area contributed by atoms with Gasteiger partial charge in [-0.15, -0.1) is 0 Å². The van der Waals surface area contributed by atoms with Gasteiger partial charge in [0.2, 0.25) is 15.7 Å². The Morgan fingerprint density at radius 2 is 1.66 bits per heavy atom. The van der Waals surface area contributed by atoms with Gasteiger partial charge in [-0.25, -0.2) is 8.42 Å². The van der Waals surface area contributed by atoms with Gasteiger partial charge in [-0.1, -0.05) is 19.3 Å². The molecule has 2 aliphatic rings. The molecule has 9 heteroatoms. The molecule has 1 saturated heterocycles. The first kappa shape index (κ1) is 21.7. The highest BCUT2D eigenvalue weighted by Gasteiger charge is 2.31. The Morgan fingerprint density at radius 1 is 1.00 bits per heavy atom. The SMILES string of the molecule is O=C(NC1CCCCC1)C1CCCN(C(=O)c2ccc(S(=O)(=O)C(F)F)cc2)C1. The zero-order chi connectivity index (χ0) is 21.0. The summed E-state index contributed by atoms with van der Waals surface area (Å²) >= 11 is 0. The van der Waals surface area contributed by atoms with Crippen LogP contribution in [-0.4, -0.2) is 50.0 Å². The minimum Gasteiger partial charge on any atom is -0.353 e. The third-order valence-electron chi connectivity index (χ3n) is 5.70. The Balaban J connectivity index is 1.62. The van der Waals surface area contributed by atoms with E-state index in [-0.39, 0.29) is 29.3 Å². The topological polar surface area (TPSA) is 83.6 Å². The second-order valence-corrected chi connectivity index (χ2v) is 9.68. The summed E-state index contributed by atoms with van der Waals surface area (Å²) < 4.78 is 48.3. The van der Waals surface area contributed by atoms with Crippen molar-refractivity contribution in [2.24, 2.45) is 5.92 Å². The smallest absolute Gasteiger partial charge is 0.341 e. The summed E-state index contributed by atoms with van der Waals surface area (Å²) in [6.07, 6.45) is 6.86. The molecule has 1 N–H and O–H groups in total. The molecule has 1 heterocycles. The molecule has 0 radical (unpaired) electrons. The molecule has 0 spiro atoms. The molecule has 1 aromatic rings. The van der Waals surface area contributed by atoms with Crippen molar-refractivity contribution in [1.82, 2.24) is 10.2 Å². The van der Waals surface area contributed by atoms with Crippen LogP contribution in [0.1, 0.15) is 55.3 Å². The number of amides is 2. The van der Waals surface area contributed by atoms with Crippen LogP contribution in [0.4, 0.5) is 8.78 Å². The first-order valence-corrected chi connectivity index (χ1v) is 11.6. The normalized spacial score (nSPS) is 21.2. The van der Waals surface area contributed by atoms with Crippen molar-refractivity contribution in [2.75, 3.05) is 13.1 Å². The maximum absolute atomic E-state index is 12.7. The van der Waals surface area contributed by atoms with Gasteiger partial charge in [0, 0.05) is 24.7 Å². The summed E-state index contributed by atoms with van der Waals surface area (Å²) in [7, 11) is -4.69. The monoisotopic (exact) mass is 428 g/mol. The third kappa shape index (κ3) is 5.12. The van der Waals surface area contributed by atoms with E-state index in [0.29, 0.717) is 25.9 Å². The number of nitrogens with one attached hydrogen (secondary N) is 1. The fourth-order valence-electron chi connectivity index (χ4n) is 4.01. The Labute approximate surface area is 169 Å². The number of rotatable bonds is 5. The lowest BCUT2D eigenvalue weighted by Gasteiger charge is -2.33. The number of likely N-dealkylation sites (tertiary alicyclic amines) is 1. The van der Waals surface area contributed by atoms with Crippen molar-refractivity contribution in [1.29, 1.82) is 0 Å². The Hall–Kier alpha value is -2.03. The van der Waals surface area contributed by atoms with Crippen LogP contribution >= 0.6 is 0 Å². The first-order chi connectivity index (χ1) is 13.8. The number of hydrogen-bond acceptors (Lipinski definition) is 4. The number of alkyl halides is 2. The van der Waals surface area contributed by atoms with Crippen LogP contribution in [0.25, 0.3) is 0 Å². The van der Waals surface area contributed by atoms with Crippen LogP contribution in [0.3, 0.4) is 0 Å². The van der Waals surface area contributed by atoms with Crippen LogP contribution in [0, 0.1) is 5.92 Å². The van der Waals surface area contributed by atoms with Crippen molar-refractivity contribution >= 4 is 21.7 Å². The van der Waals surface area contributed by atoms with Crippen molar-refractivity contribution in [3.8, 4) is 0 Å². The van der Waals surface area contributed by atoms with E-state index < -0.39 is 20.5 Å². The minimum atomic E-state index is -4.69. The highest BCUT2D eigenvalue weighted by molar-refractivity contribution is 7.91. The number of piperidine rings is 1. The molecule has 2 fully saturated rings. The highest BCUT2D eigenvalue weighted by Crippen LogP contribution is 2.23. The molecular formula is C20H26F2N2O4S. The molecule has 2 amide bonds. The number of carbonyl (C=O) groups is 2. The molecule has 160 valence electrons. The maximum atomic E-state index is 12.7. The molecule has 1 aliphatic carbocycles. The number of halogens is 2. The molecule has 3 rings (SSSR count). The molecule has 29 heavy (non-hydrogen) atoms. The molecule has 6 nitrogen and oxygen atoms in total. The quantitative estimate of drug-likeness (QED) is 0.782. The standard InChI is InChI=1S/C20H26F2N2O4S/c21-20(22)29(27,28)17-10-8-14(9-11-17)19(26)24-12-4-5-15(13-24)18(25)23-16-6-2-1-3-7-16/h8-11,15-16,20H,1-7,12-13H2,(H,23,25).